The van der Waals surface area contributed by atoms with Gasteiger partial charge in [0.05, 0.1) is 11.3 Å². The number of pyridine rings is 1. The smallest absolute Gasteiger partial charge is 0.321 e. The first-order chi connectivity index (χ1) is 7.30. The number of rotatable bonds is 4. The average Bonchev–Trinajstić information content (AvgIpc) is 2.16. The van der Waals surface area contributed by atoms with Gasteiger partial charge in [-0.1, -0.05) is 0 Å². The van der Waals surface area contributed by atoms with Gasteiger partial charge in [0.25, 0.3) is 0 Å². The van der Waals surface area contributed by atoms with Gasteiger partial charge in [-0.3, -0.25) is 14.3 Å². The number of carbonyl (C=O) groups is 1. The first-order valence-corrected chi connectivity index (χ1v) is 6.19. The molecule has 1 atom stereocenters. The first kappa shape index (κ1) is 13.0. The molecule has 0 aromatic carbocycles. The van der Waals surface area contributed by atoms with Crippen molar-refractivity contribution in [3.05, 3.63) is 24.0 Å². The van der Waals surface area contributed by atoms with Crippen LogP contribution >= 0.6 is 7.60 Å². The quantitative estimate of drug-likeness (QED) is 0.606. The van der Waals surface area contributed by atoms with Crippen molar-refractivity contribution in [3.63, 3.8) is 0 Å². The third kappa shape index (κ3) is 3.50. The van der Waals surface area contributed by atoms with E-state index in [4.69, 9.17) is 15.5 Å². The zero-order valence-corrected chi connectivity index (χ0v) is 9.59. The monoisotopic (exact) mass is 244 g/mol. The van der Waals surface area contributed by atoms with Crippen LogP contribution in [0.1, 0.15) is 12.6 Å². The highest BCUT2D eigenvalue weighted by Gasteiger charge is 2.18. The number of hydrogen-bond acceptors (Lipinski definition) is 4. The molecule has 0 radical (unpaired) electrons. The third-order valence-electron chi connectivity index (χ3n) is 2.09. The number of hydrogen-bond donors (Lipinski definition) is 3. The predicted octanol–water partition coefficient (Wildman–Crippen LogP) is -0.657. The fourth-order valence-corrected chi connectivity index (χ4v) is 1.71. The molecule has 1 heterocycles. The maximum Gasteiger partial charge on any atom is 0.356 e. The summed E-state index contributed by atoms with van der Waals surface area (Å²) >= 11 is 0. The highest BCUT2D eigenvalue weighted by atomic mass is 31.2. The second-order valence-corrected chi connectivity index (χ2v) is 5.08. The van der Waals surface area contributed by atoms with E-state index < -0.39 is 13.6 Å². The Balaban J connectivity index is 2.92. The molecule has 1 aromatic rings. The van der Waals surface area contributed by atoms with E-state index in [-0.39, 0.29) is 17.5 Å². The Morgan fingerprint density at radius 1 is 1.62 bits per heavy atom. The molecular weight excluding hydrogens is 231 g/mol. The third-order valence-corrected chi connectivity index (χ3v) is 3.04. The second kappa shape index (κ2) is 4.84. The van der Waals surface area contributed by atoms with Crippen LogP contribution in [-0.4, -0.2) is 26.6 Å². The van der Waals surface area contributed by atoms with Gasteiger partial charge in [-0.25, -0.2) is 0 Å². The van der Waals surface area contributed by atoms with E-state index in [1.165, 1.54) is 25.3 Å². The van der Waals surface area contributed by atoms with Crippen molar-refractivity contribution in [1.29, 1.82) is 0 Å². The maximum atomic E-state index is 11.0. The molecule has 1 aromatic heterocycles. The summed E-state index contributed by atoms with van der Waals surface area (Å²) in [6.07, 6.45) is 1.46. The van der Waals surface area contributed by atoms with Crippen LogP contribution in [0.25, 0.3) is 0 Å². The van der Waals surface area contributed by atoms with E-state index in [0.717, 1.165) is 0 Å². The van der Waals surface area contributed by atoms with E-state index >= 15 is 0 Å². The molecule has 0 aliphatic heterocycles. The topological polar surface area (TPSA) is 114 Å². The van der Waals surface area contributed by atoms with Crippen molar-refractivity contribution in [1.82, 2.24) is 4.98 Å². The highest BCUT2D eigenvalue weighted by molar-refractivity contribution is 7.60. The fraction of sp³-hybridized carbons (Fsp3) is 0.333. The van der Waals surface area contributed by atoms with Gasteiger partial charge in [-0.05, 0) is 19.1 Å². The summed E-state index contributed by atoms with van der Waals surface area (Å²) in [5.41, 5.74) is 5.92. The van der Waals surface area contributed by atoms with Gasteiger partial charge in [0.2, 0.25) is 0 Å². The largest absolute Gasteiger partial charge is 0.356 e. The van der Waals surface area contributed by atoms with Crippen molar-refractivity contribution >= 4 is 18.7 Å². The van der Waals surface area contributed by atoms with E-state index in [2.05, 4.69) is 4.98 Å². The van der Waals surface area contributed by atoms with E-state index in [1.54, 1.807) is 0 Å². The molecule has 0 aliphatic rings. The lowest BCUT2D eigenvalue weighted by molar-refractivity contribution is -0.118. The zero-order valence-electron chi connectivity index (χ0n) is 8.70. The average molecular weight is 244 g/mol. The number of aromatic nitrogens is 1. The fourth-order valence-electron chi connectivity index (χ4n) is 1.13. The molecule has 6 nitrogen and oxygen atoms in total. The summed E-state index contributed by atoms with van der Waals surface area (Å²) in [5, 5.41) is -0.117. The Bertz CT molecular complexity index is 443. The van der Waals surface area contributed by atoms with Gasteiger partial charge in [0, 0.05) is 18.3 Å². The van der Waals surface area contributed by atoms with Crippen LogP contribution in [0.3, 0.4) is 0 Å². The Labute approximate surface area is 92.7 Å². The number of nitrogens with zero attached hydrogens (tertiary/aromatic N) is 1. The molecule has 1 rings (SSSR count). The van der Waals surface area contributed by atoms with Crippen molar-refractivity contribution in [2.75, 3.05) is 0 Å². The molecular formula is C9H13N2O4P. The summed E-state index contributed by atoms with van der Waals surface area (Å²) in [5.74, 6) is -0.191. The number of ketones is 1. The zero-order chi connectivity index (χ0) is 12.3. The SMILES string of the molecule is CC(=O)C(N)Cc1cc(P(=O)(O)O)ccn1. The Kier molecular flexibility index (Phi) is 3.93. The second-order valence-electron chi connectivity index (χ2n) is 3.47. The van der Waals surface area contributed by atoms with Gasteiger partial charge < -0.3 is 15.5 Å². The maximum absolute atomic E-state index is 11.0. The molecule has 0 bridgehead atoms. The van der Waals surface area contributed by atoms with Gasteiger partial charge in [-0.2, -0.15) is 0 Å². The van der Waals surface area contributed by atoms with Crippen LogP contribution < -0.4 is 11.0 Å². The van der Waals surface area contributed by atoms with Gasteiger partial charge in [0.15, 0.2) is 0 Å². The summed E-state index contributed by atoms with van der Waals surface area (Å²) in [7, 11) is -4.28. The summed E-state index contributed by atoms with van der Waals surface area (Å²) in [6, 6.07) is 1.81. The number of Topliss-reactive ketones (excluding diaryl/α,β-unsaturated/α-hetero) is 1. The van der Waals surface area contributed by atoms with Crippen LogP contribution in [0, 0.1) is 0 Å². The summed E-state index contributed by atoms with van der Waals surface area (Å²) in [6.45, 7) is 1.36. The van der Waals surface area contributed by atoms with Crippen molar-refractivity contribution in [2.24, 2.45) is 5.73 Å². The summed E-state index contributed by atoms with van der Waals surface area (Å²) < 4.78 is 11.0. The van der Waals surface area contributed by atoms with Gasteiger partial charge >= 0.3 is 7.60 Å². The Morgan fingerprint density at radius 3 is 2.75 bits per heavy atom. The van der Waals surface area contributed by atoms with Crippen LogP contribution in [0.15, 0.2) is 18.3 Å². The molecule has 1 unspecified atom stereocenters. The normalized spacial score (nSPS) is 13.5. The summed E-state index contributed by atoms with van der Waals surface area (Å²) in [4.78, 5) is 32.7. The van der Waals surface area contributed by atoms with Crippen LogP contribution in [0.4, 0.5) is 0 Å². The molecule has 0 saturated heterocycles. The van der Waals surface area contributed by atoms with Crippen LogP contribution in [0.2, 0.25) is 0 Å². The lowest BCUT2D eigenvalue weighted by atomic mass is 10.1. The molecule has 4 N–H and O–H groups in total. The standard InChI is InChI=1S/C9H13N2O4P/c1-6(12)9(10)5-7-4-8(2-3-11-7)16(13,14)15/h2-4,9H,5,10H2,1H3,(H2,13,14,15). The molecule has 0 aliphatic carbocycles. The minimum absolute atomic E-state index is 0.117. The molecule has 16 heavy (non-hydrogen) atoms. The first-order valence-electron chi connectivity index (χ1n) is 4.58. The van der Waals surface area contributed by atoms with E-state index in [1.807, 2.05) is 0 Å². The van der Waals surface area contributed by atoms with E-state index in [0.29, 0.717) is 5.69 Å². The lowest BCUT2D eigenvalue weighted by Crippen LogP contribution is -2.31. The Hall–Kier alpha value is -1.07. The molecule has 88 valence electrons. The van der Waals surface area contributed by atoms with Crippen molar-refractivity contribution in [3.8, 4) is 0 Å². The lowest BCUT2D eigenvalue weighted by Gasteiger charge is -2.09. The van der Waals surface area contributed by atoms with Crippen LogP contribution in [-0.2, 0) is 15.8 Å². The molecule has 0 saturated carbocycles. The van der Waals surface area contributed by atoms with Gasteiger partial charge in [0.1, 0.15) is 5.78 Å². The van der Waals surface area contributed by atoms with Crippen molar-refractivity contribution < 1.29 is 19.1 Å². The number of nitrogens with two attached hydrogens (primary N) is 1. The number of carbonyl (C=O) groups excluding carboxylic acids is 1. The van der Waals surface area contributed by atoms with Crippen LogP contribution in [0.5, 0.6) is 0 Å². The molecule has 0 spiro atoms. The minimum atomic E-state index is -4.28. The van der Waals surface area contributed by atoms with E-state index in [9.17, 15) is 9.36 Å². The predicted molar refractivity (Wildman–Crippen MR) is 58.3 cm³/mol. The minimum Gasteiger partial charge on any atom is -0.321 e. The molecule has 0 fully saturated rings. The van der Waals surface area contributed by atoms with Gasteiger partial charge in [-0.15, -0.1) is 0 Å². The highest BCUT2D eigenvalue weighted by Crippen LogP contribution is 2.32. The van der Waals surface area contributed by atoms with Crippen molar-refractivity contribution in [2.45, 2.75) is 19.4 Å². The Morgan fingerprint density at radius 2 is 2.25 bits per heavy atom. The molecule has 0 amide bonds. The molecule has 7 heteroatoms.